The predicted molar refractivity (Wildman–Crippen MR) is 449 cm³/mol. The summed E-state index contributed by atoms with van der Waals surface area (Å²) < 4.78 is 5.09. The van der Waals surface area contributed by atoms with Crippen molar-refractivity contribution in [3.05, 3.63) is 345 Å². The average molecular weight is 1340 g/mol. The Hall–Kier alpha value is -12.7. The van der Waals surface area contributed by atoms with E-state index in [2.05, 4.69) is 394 Å². The molecule has 0 N–H and O–H groups in total. The normalized spacial score (nSPS) is 13.0. The van der Waals surface area contributed by atoms with Crippen molar-refractivity contribution < 1.29 is 0 Å². The Morgan fingerprint density at radius 2 is 0.619 bits per heavy atom. The van der Waals surface area contributed by atoms with Crippen molar-refractivity contribution in [2.45, 2.75) is 52.4 Å². The Morgan fingerprint density at radius 3 is 1.07 bits per heavy atom. The van der Waals surface area contributed by atoms with E-state index in [9.17, 15) is 0 Å². The first-order chi connectivity index (χ1) is 51.4. The van der Waals surface area contributed by atoms with Crippen LogP contribution < -0.4 is 26.2 Å². The van der Waals surface area contributed by atoms with Gasteiger partial charge in [0, 0.05) is 77.9 Å². The van der Waals surface area contributed by atoms with Crippen LogP contribution in [-0.4, -0.2) is 15.8 Å². The van der Waals surface area contributed by atoms with E-state index in [-0.39, 0.29) is 17.5 Å². The van der Waals surface area contributed by atoms with Crippen LogP contribution in [0.4, 0.5) is 34.1 Å². The molecule has 0 amide bonds. The van der Waals surface area contributed by atoms with E-state index in [1.165, 1.54) is 103 Å². The van der Waals surface area contributed by atoms with Gasteiger partial charge in [0.2, 0.25) is 0 Å². The van der Waals surface area contributed by atoms with Crippen molar-refractivity contribution in [2.75, 3.05) is 9.80 Å². The van der Waals surface area contributed by atoms with Crippen molar-refractivity contribution >= 4 is 133 Å². The minimum Gasteiger partial charge on any atom is -0.310 e. The number of anilines is 6. The van der Waals surface area contributed by atoms with Crippen LogP contribution in [-0.2, 0) is 10.8 Å². The highest BCUT2D eigenvalue weighted by molar-refractivity contribution is 7.00. The summed E-state index contributed by atoms with van der Waals surface area (Å²) in [7, 11) is 0. The van der Waals surface area contributed by atoms with E-state index in [0.29, 0.717) is 0 Å². The van der Waals surface area contributed by atoms with E-state index in [4.69, 9.17) is 0 Å². The molecular formula is C100H73BN4. The fourth-order valence-corrected chi connectivity index (χ4v) is 18.2. The Labute approximate surface area is 612 Å². The molecule has 4 heterocycles. The van der Waals surface area contributed by atoms with Crippen LogP contribution in [0.1, 0.15) is 52.7 Å². The fourth-order valence-electron chi connectivity index (χ4n) is 18.2. The molecule has 105 heavy (non-hydrogen) atoms. The van der Waals surface area contributed by atoms with E-state index in [1.54, 1.807) is 0 Å². The van der Waals surface area contributed by atoms with Gasteiger partial charge in [-0.05, 0) is 165 Å². The van der Waals surface area contributed by atoms with E-state index >= 15 is 0 Å². The van der Waals surface area contributed by atoms with Crippen molar-refractivity contribution in [1.82, 2.24) is 9.13 Å². The maximum atomic E-state index is 2.72. The predicted octanol–water partition coefficient (Wildman–Crippen LogP) is 25.2. The molecule has 4 nitrogen and oxygen atoms in total. The third-order valence-electron chi connectivity index (χ3n) is 23.1. The van der Waals surface area contributed by atoms with Crippen LogP contribution in [0.3, 0.4) is 0 Å². The molecule has 0 aliphatic carbocycles. The molecular weight excluding hydrogens is 1270 g/mol. The lowest BCUT2D eigenvalue weighted by Gasteiger charge is -2.46. The Bertz CT molecular complexity index is 6590. The lowest BCUT2D eigenvalue weighted by molar-refractivity contribution is 0.590. The molecule has 496 valence electrons. The molecule has 0 radical (unpaired) electrons. The summed E-state index contributed by atoms with van der Waals surface area (Å²) in [5.74, 6) is 0. The molecule has 2 aromatic heterocycles. The largest absolute Gasteiger partial charge is 0.310 e. The van der Waals surface area contributed by atoms with E-state index in [1.807, 2.05) is 0 Å². The first-order valence-electron chi connectivity index (χ1n) is 37.0. The number of para-hydroxylation sites is 4. The van der Waals surface area contributed by atoms with Crippen LogP contribution >= 0.6 is 0 Å². The molecule has 0 spiro atoms. The molecule has 0 atom stereocenters. The Kier molecular flexibility index (Phi) is 13.3. The summed E-state index contributed by atoms with van der Waals surface area (Å²) in [6.07, 6.45) is 0. The summed E-state index contributed by atoms with van der Waals surface area (Å²) in [6.45, 7) is 13.7. The minimum atomic E-state index is -0.259. The van der Waals surface area contributed by atoms with Gasteiger partial charge < -0.3 is 18.9 Å². The molecule has 21 rings (SSSR count). The molecule has 0 bridgehead atoms. The zero-order chi connectivity index (χ0) is 70.1. The number of rotatable bonds is 9. The summed E-state index contributed by atoms with van der Waals surface area (Å²) in [6, 6.07) is 127. The first-order valence-corrected chi connectivity index (χ1v) is 37.0. The number of hydrogen-bond donors (Lipinski definition) is 0. The summed E-state index contributed by atoms with van der Waals surface area (Å²) in [5.41, 5.74) is 31.1. The fraction of sp³-hybridized carbons (Fsp3) is 0.0800. The molecule has 0 fully saturated rings. The topological polar surface area (TPSA) is 16.3 Å². The molecule has 0 saturated carbocycles. The second-order valence-electron chi connectivity index (χ2n) is 31.1. The van der Waals surface area contributed by atoms with Crippen LogP contribution in [0, 0.1) is 0 Å². The zero-order valence-corrected chi connectivity index (χ0v) is 59.6. The summed E-state index contributed by atoms with van der Waals surface area (Å²) in [5, 5.41) is 12.8. The van der Waals surface area contributed by atoms with Gasteiger partial charge in [0.05, 0.1) is 33.4 Å². The molecule has 0 saturated heterocycles. The number of fused-ring (bicyclic) bond motifs is 8. The highest BCUT2D eigenvalue weighted by Gasteiger charge is 2.46. The van der Waals surface area contributed by atoms with E-state index in [0.717, 1.165) is 101 Å². The molecule has 19 aromatic rings. The van der Waals surface area contributed by atoms with Crippen LogP contribution in [0.5, 0.6) is 0 Å². The highest BCUT2D eigenvalue weighted by atomic mass is 15.2. The number of aromatic nitrogens is 2. The molecule has 0 unspecified atom stereocenters. The molecule has 17 aromatic carbocycles. The second kappa shape index (κ2) is 22.9. The summed E-state index contributed by atoms with van der Waals surface area (Å²) in [4.78, 5) is 5.43. The Morgan fingerprint density at radius 1 is 0.248 bits per heavy atom. The van der Waals surface area contributed by atoms with Crippen molar-refractivity contribution in [3.8, 4) is 67.0 Å². The molecule has 2 aliphatic rings. The maximum absolute atomic E-state index is 2.72. The van der Waals surface area contributed by atoms with Crippen LogP contribution in [0.2, 0.25) is 0 Å². The molecule has 2 aliphatic heterocycles. The lowest BCUT2D eigenvalue weighted by Crippen LogP contribution is -2.61. The molecule has 5 heteroatoms. The first kappa shape index (κ1) is 61.0. The maximum Gasteiger partial charge on any atom is 0.252 e. The van der Waals surface area contributed by atoms with Gasteiger partial charge in [0.15, 0.2) is 0 Å². The van der Waals surface area contributed by atoms with Gasteiger partial charge >= 0.3 is 0 Å². The number of benzene rings is 17. The SMILES string of the molecule is CC(C)(C)c1cccc(-c2cccc(-c3ccccc3)c2N2c3cc(-n4c5ccccc5c5ccccc54)ccc3B3c4ccc(-n5c6ccc7cccc8c9cccc%10ccc5c(c%109)c6c78)cc4N(c4c(-c5ccccc5)cccc4-c4cccc(C(C)(C)C)c4)c4cc(-c5ccccc5)cc2c43)c1. The third-order valence-corrected chi connectivity index (χ3v) is 23.1. The standard InChI is InChI=1S/C100H73BN4/c1-99(2,3)70-36-20-34-67(56-70)76-42-24-40-74(63-28-12-8-13-29-63)97(76)104-88-60-72(102-84-46-18-16-38-78(84)79-39-17-19-47-85(79)102)50-52-82(88)101-83-53-51-73(103-86-54-48-65-32-22-44-80-81-45-23-33-66-49-55-87(103)95(93(66)81)94(86)92(65)80)61-89(83)105(91-59-69(58-90(104)96(91)101)62-26-10-7-11-27-62)98-75(64-30-14-9-15-31-64)41-25-43-77(98)68-35-21-37-71(57-68)100(4,5)6/h7-61H,1-6H3. The van der Waals surface area contributed by atoms with Crippen LogP contribution in [0.25, 0.3) is 143 Å². The third kappa shape index (κ3) is 9.20. The van der Waals surface area contributed by atoms with Crippen molar-refractivity contribution in [2.24, 2.45) is 0 Å². The van der Waals surface area contributed by atoms with Gasteiger partial charge in [0.25, 0.3) is 6.71 Å². The lowest BCUT2D eigenvalue weighted by atomic mass is 9.33. The van der Waals surface area contributed by atoms with Gasteiger partial charge in [-0.2, -0.15) is 0 Å². The highest BCUT2D eigenvalue weighted by Crippen LogP contribution is 2.56. The number of hydrogen-bond acceptors (Lipinski definition) is 2. The smallest absolute Gasteiger partial charge is 0.252 e. The Balaban J connectivity index is 0.938. The monoisotopic (exact) mass is 1340 g/mol. The van der Waals surface area contributed by atoms with Crippen molar-refractivity contribution in [1.29, 1.82) is 0 Å². The van der Waals surface area contributed by atoms with Gasteiger partial charge in [-0.3, -0.25) is 0 Å². The van der Waals surface area contributed by atoms with Gasteiger partial charge in [-0.1, -0.05) is 315 Å². The summed E-state index contributed by atoms with van der Waals surface area (Å²) >= 11 is 0. The second-order valence-corrected chi connectivity index (χ2v) is 31.1. The van der Waals surface area contributed by atoms with Gasteiger partial charge in [0.1, 0.15) is 0 Å². The number of nitrogens with zero attached hydrogens (tertiary/aromatic N) is 4. The van der Waals surface area contributed by atoms with E-state index < -0.39 is 0 Å². The van der Waals surface area contributed by atoms with Gasteiger partial charge in [-0.25, -0.2) is 0 Å². The quantitative estimate of drug-likeness (QED) is 0.0814. The minimum absolute atomic E-state index is 0.107. The van der Waals surface area contributed by atoms with Crippen LogP contribution in [0.15, 0.2) is 334 Å². The van der Waals surface area contributed by atoms with Crippen molar-refractivity contribution in [3.63, 3.8) is 0 Å². The zero-order valence-electron chi connectivity index (χ0n) is 59.6. The van der Waals surface area contributed by atoms with Gasteiger partial charge in [-0.15, -0.1) is 0 Å². The average Bonchev–Trinajstić information content (AvgIpc) is 1.57.